The van der Waals surface area contributed by atoms with Gasteiger partial charge in [-0.1, -0.05) is 0 Å². The van der Waals surface area contributed by atoms with Gasteiger partial charge in [0.1, 0.15) is 0 Å². The minimum absolute atomic E-state index is 0.0498. The number of hydrogen-bond acceptors (Lipinski definition) is 2. The molecule has 2 aliphatic heterocycles. The summed E-state index contributed by atoms with van der Waals surface area (Å²) in [4.78, 5) is 26.6. The largest absolute Gasteiger partial charge is 0.355 e. The Balaban J connectivity index is 1.27. The normalized spacial score (nSPS) is 47.6. The predicted octanol–water partition coefficient (Wildman–Crippen LogP) is 2.33. The number of carbonyl (C=O) groups excluding carboxylic acids is 2. The van der Waals surface area contributed by atoms with Crippen LogP contribution in [0.5, 0.6) is 0 Å². The fourth-order valence-electron chi connectivity index (χ4n) is 7.13. The lowest BCUT2D eigenvalue weighted by Crippen LogP contribution is -2.48. The summed E-state index contributed by atoms with van der Waals surface area (Å²) in [5, 5.41) is 2.96. The van der Waals surface area contributed by atoms with E-state index in [1.165, 1.54) is 38.5 Å². The van der Waals surface area contributed by atoms with Crippen molar-refractivity contribution in [1.29, 1.82) is 0 Å². The fraction of sp³-hybridized carbons (Fsp3) is 0.895. The number of amides is 2. The zero-order chi connectivity index (χ0) is 15.7. The Labute approximate surface area is 138 Å². The van der Waals surface area contributed by atoms with Crippen molar-refractivity contribution in [3.63, 3.8) is 0 Å². The molecule has 6 rings (SSSR count). The number of hydrogen-bond donors (Lipinski definition) is 1. The highest BCUT2D eigenvalue weighted by molar-refractivity contribution is 5.81. The molecule has 4 nitrogen and oxygen atoms in total. The maximum atomic E-state index is 13.0. The molecule has 126 valence electrons. The third-order valence-electron chi connectivity index (χ3n) is 7.68. The molecule has 4 heteroatoms. The molecule has 0 aromatic heterocycles. The lowest BCUT2D eigenvalue weighted by Gasteiger charge is -2.57. The summed E-state index contributed by atoms with van der Waals surface area (Å²) in [5.74, 6) is 3.28. The van der Waals surface area contributed by atoms with Crippen LogP contribution in [0, 0.1) is 28.6 Å². The van der Waals surface area contributed by atoms with Crippen molar-refractivity contribution in [2.45, 2.75) is 57.8 Å². The van der Waals surface area contributed by atoms with E-state index in [0.29, 0.717) is 17.7 Å². The van der Waals surface area contributed by atoms with E-state index in [1.54, 1.807) is 0 Å². The van der Waals surface area contributed by atoms with Crippen molar-refractivity contribution >= 4 is 11.8 Å². The van der Waals surface area contributed by atoms with Gasteiger partial charge in [0.2, 0.25) is 11.8 Å². The summed E-state index contributed by atoms with van der Waals surface area (Å²) < 4.78 is 0. The number of nitrogens with zero attached hydrogens (tertiary/aromatic N) is 1. The van der Waals surface area contributed by atoms with Gasteiger partial charge in [-0.05, 0) is 68.1 Å². The Morgan fingerprint density at radius 1 is 1.13 bits per heavy atom. The molecule has 4 bridgehead atoms. The first-order valence-corrected chi connectivity index (χ1v) is 9.58. The van der Waals surface area contributed by atoms with Crippen LogP contribution >= 0.6 is 0 Å². The topological polar surface area (TPSA) is 49.4 Å². The standard InChI is InChI=1S/C19H28N2O2/c22-16-9-18(11-20-16)1-2-21(12-18)17(23)10-19-6-13-3-14(7-19)5-15(4-13)8-19/h13-15H,1-12H2,(H,20,22). The molecule has 4 aliphatic carbocycles. The van der Waals surface area contributed by atoms with E-state index < -0.39 is 0 Å². The summed E-state index contributed by atoms with van der Waals surface area (Å²) in [6.45, 7) is 2.43. The highest BCUT2D eigenvalue weighted by Crippen LogP contribution is 2.61. The molecule has 0 radical (unpaired) electrons. The number of nitrogens with one attached hydrogen (secondary N) is 1. The van der Waals surface area contributed by atoms with Gasteiger partial charge in [0, 0.05) is 37.9 Å². The van der Waals surface area contributed by atoms with Crippen LogP contribution in [0.3, 0.4) is 0 Å². The predicted molar refractivity (Wildman–Crippen MR) is 86.5 cm³/mol. The van der Waals surface area contributed by atoms with Crippen LogP contribution in [0.4, 0.5) is 0 Å². The first-order valence-electron chi connectivity index (χ1n) is 9.58. The molecular weight excluding hydrogens is 288 g/mol. The van der Waals surface area contributed by atoms with Crippen LogP contribution in [0.15, 0.2) is 0 Å². The second-order valence-corrected chi connectivity index (χ2v) is 9.61. The van der Waals surface area contributed by atoms with Gasteiger partial charge >= 0.3 is 0 Å². The Kier molecular flexibility index (Phi) is 2.94. The first-order chi connectivity index (χ1) is 11.0. The second-order valence-electron chi connectivity index (χ2n) is 9.61. The van der Waals surface area contributed by atoms with Crippen molar-refractivity contribution in [2.75, 3.05) is 19.6 Å². The van der Waals surface area contributed by atoms with Gasteiger partial charge in [0.15, 0.2) is 0 Å². The number of rotatable bonds is 2. The summed E-state index contributed by atoms with van der Waals surface area (Å²) in [6, 6.07) is 0. The maximum Gasteiger partial charge on any atom is 0.223 e. The van der Waals surface area contributed by atoms with Gasteiger partial charge in [0.05, 0.1) is 0 Å². The third-order valence-corrected chi connectivity index (χ3v) is 7.68. The monoisotopic (exact) mass is 316 g/mol. The van der Waals surface area contributed by atoms with Gasteiger partial charge in [-0.3, -0.25) is 9.59 Å². The van der Waals surface area contributed by atoms with Crippen LogP contribution in [0.25, 0.3) is 0 Å². The molecule has 6 aliphatic rings. The molecule has 2 heterocycles. The van der Waals surface area contributed by atoms with Crippen LogP contribution in [-0.4, -0.2) is 36.3 Å². The Morgan fingerprint density at radius 3 is 2.35 bits per heavy atom. The summed E-state index contributed by atoms with van der Waals surface area (Å²) in [6.07, 6.45) is 10.6. The zero-order valence-corrected chi connectivity index (χ0v) is 14.0. The highest BCUT2D eigenvalue weighted by atomic mass is 16.2. The smallest absolute Gasteiger partial charge is 0.223 e. The maximum absolute atomic E-state index is 13.0. The Bertz CT molecular complexity index is 522. The van der Waals surface area contributed by atoms with Gasteiger partial charge < -0.3 is 10.2 Å². The molecule has 1 unspecified atom stereocenters. The van der Waals surface area contributed by atoms with E-state index in [4.69, 9.17) is 0 Å². The Morgan fingerprint density at radius 2 is 1.78 bits per heavy atom. The van der Waals surface area contributed by atoms with E-state index >= 15 is 0 Å². The van der Waals surface area contributed by atoms with E-state index in [-0.39, 0.29) is 11.3 Å². The van der Waals surface area contributed by atoms with Crippen LogP contribution < -0.4 is 5.32 Å². The minimum atomic E-state index is 0.0498. The quantitative estimate of drug-likeness (QED) is 0.850. The molecule has 6 fully saturated rings. The molecule has 0 aromatic rings. The molecule has 0 aromatic carbocycles. The van der Waals surface area contributed by atoms with Crippen LogP contribution in [-0.2, 0) is 9.59 Å². The molecule has 1 atom stereocenters. The van der Waals surface area contributed by atoms with Crippen molar-refractivity contribution in [2.24, 2.45) is 28.6 Å². The lowest BCUT2D eigenvalue weighted by molar-refractivity contribution is -0.139. The first kappa shape index (κ1) is 14.3. The van der Waals surface area contributed by atoms with E-state index in [9.17, 15) is 9.59 Å². The van der Waals surface area contributed by atoms with Gasteiger partial charge in [-0.15, -0.1) is 0 Å². The van der Waals surface area contributed by atoms with E-state index in [1.807, 2.05) is 0 Å². The molecule has 1 spiro atoms. The summed E-state index contributed by atoms with van der Waals surface area (Å²) in [5.41, 5.74) is 0.388. The average molecular weight is 316 g/mol. The van der Waals surface area contributed by atoms with Crippen molar-refractivity contribution in [3.8, 4) is 0 Å². The van der Waals surface area contributed by atoms with Crippen molar-refractivity contribution < 1.29 is 9.59 Å². The van der Waals surface area contributed by atoms with Crippen molar-refractivity contribution in [3.05, 3.63) is 0 Å². The van der Waals surface area contributed by atoms with Crippen molar-refractivity contribution in [1.82, 2.24) is 10.2 Å². The molecule has 23 heavy (non-hydrogen) atoms. The molecule has 2 saturated heterocycles. The fourth-order valence-corrected chi connectivity index (χ4v) is 7.13. The minimum Gasteiger partial charge on any atom is -0.355 e. The van der Waals surface area contributed by atoms with Gasteiger partial charge in [0.25, 0.3) is 0 Å². The second kappa shape index (κ2) is 4.73. The van der Waals surface area contributed by atoms with Gasteiger partial charge in [-0.25, -0.2) is 0 Å². The summed E-state index contributed by atoms with van der Waals surface area (Å²) >= 11 is 0. The Hall–Kier alpha value is -1.06. The third kappa shape index (κ3) is 2.32. The highest BCUT2D eigenvalue weighted by Gasteiger charge is 2.52. The van der Waals surface area contributed by atoms with E-state index in [0.717, 1.165) is 50.2 Å². The SMILES string of the molecule is O=C1CC2(CCN(C(=O)CC34CC5CC(CC(C5)C3)C4)C2)CN1. The van der Waals surface area contributed by atoms with E-state index in [2.05, 4.69) is 10.2 Å². The molecule has 1 N–H and O–H groups in total. The lowest BCUT2D eigenvalue weighted by atomic mass is 9.49. The zero-order valence-electron chi connectivity index (χ0n) is 14.0. The molecular formula is C19H28N2O2. The average Bonchev–Trinajstić information content (AvgIpc) is 3.04. The summed E-state index contributed by atoms with van der Waals surface area (Å²) in [7, 11) is 0. The van der Waals surface area contributed by atoms with Crippen LogP contribution in [0.2, 0.25) is 0 Å². The van der Waals surface area contributed by atoms with Crippen LogP contribution in [0.1, 0.15) is 57.8 Å². The molecule has 4 saturated carbocycles. The molecule has 2 amide bonds. The van der Waals surface area contributed by atoms with Gasteiger partial charge in [-0.2, -0.15) is 0 Å². The number of carbonyl (C=O) groups is 2. The number of likely N-dealkylation sites (tertiary alicyclic amines) is 1.